The monoisotopic (exact) mass is 286 g/mol. The molecular formula is C17H26N4. The number of aromatic nitrogens is 2. The Kier molecular flexibility index (Phi) is 3.57. The van der Waals surface area contributed by atoms with Crippen LogP contribution >= 0.6 is 0 Å². The highest BCUT2D eigenvalue weighted by Gasteiger charge is 2.42. The van der Waals surface area contributed by atoms with E-state index >= 15 is 0 Å². The predicted molar refractivity (Wildman–Crippen MR) is 84.4 cm³/mol. The van der Waals surface area contributed by atoms with Crippen molar-refractivity contribution >= 4 is 5.82 Å². The van der Waals surface area contributed by atoms with Crippen LogP contribution in [0.1, 0.15) is 37.7 Å². The summed E-state index contributed by atoms with van der Waals surface area (Å²) in [4.78, 5) is 13.9. The predicted octanol–water partition coefficient (Wildman–Crippen LogP) is 2.49. The molecular weight excluding hydrogens is 260 g/mol. The molecule has 2 aliphatic heterocycles. The Bertz CT molecular complexity index is 483. The maximum absolute atomic E-state index is 4.50. The second kappa shape index (κ2) is 5.56. The lowest BCUT2D eigenvalue weighted by Crippen LogP contribution is -2.37. The molecule has 0 radical (unpaired) electrons. The van der Waals surface area contributed by atoms with Crippen molar-refractivity contribution in [3.8, 4) is 0 Å². The molecule has 0 amide bonds. The van der Waals surface area contributed by atoms with Crippen molar-refractivity contribution in [2.24, 2.45) is 11.8 Å². The van der Waals surface area contributed by atoms with Crippen LogP contribution < -0.4 is 4.90 Å². The summed E-state index contributed by atoms with van der Waals surface area (Å²) >= 11 is 0. The fourth-order valence-corrected chi connectivity index (χ4v) is 4.67. The van der Waals surface area contributed by atoms with Gasteiger partial charge in [-0.25, -0.2) is 9.97 Å². The molecule has 3 heterocycles. The highest BCUT2D eigenvalue weighted by molar-refractivity contribution is 5.46. The van der Waals surface area contributed by atoms with Crippen LogP contribution in [0.15, 0.2) is 12.5 Å². The fraction of sp³-hybridized carbons (Fsp3) is 0.765. The first-order valence-corrected chi connectivity index (χ1v) is 8.57. The topological polar surface area (TPSA) is 32.3 Å². The van der Waals surface area contributed by atoms with Gasteiger partial charge in [0.1, 0.15) is 12.1 Å². The van der Waals surface area contributed by atoms with Crippen molar-refractivity contribution in [1.82, 2.24) is 14.9 Å². The van der Waals surface area contributed by atoms with Gasteiger partial charge in [0.25, 0.3) is 0 Å². The van der Waals surface area contributed by atoms with Gasteiger partial charge in [0.2, 0.25) is 0 Å². The van der Waals surface area contributed by atoms with E-state index in [0.717, 1.165) is 23.7 Å². The minimum absolute atomic E-state index is 0.848. The third kappa shape index (κ3) is 2.54. The number of hydrogen-bond acceptors (Lipinski definition) is 4. The number of fused-ring (bicyclic) bond motifs is 1. The third-order valence-corrected chi connectivity index (χ3v) is 5.77. The first kappa shape index (κ1) is 13.5. The van der Waals surface area contributed by atoms with E-state index in [4.69, 9.17) is 0 Å². The largest absolute Gasteiger partial charge is 0.356 e. The fourth-order valence-electron chi connectivity index (χ4n) is 4.67. The second-order valence-corrected chi connectivity index (χ2v) is 7.20. The average Bonchev–Trinajstić information content (AvgIpc) is 3.07. The van der Waals surface area contributed by atoms with Crippen LogP contribution in [0.5, 0.6) is 0 Å². The zero-order valence-corrected chi connectivity index (χ0v) is 13.0. The van der Waals surface area contributed by atoms with Gasteiger partial charge < -0.3 is 4.90 Å². The first-order valence-electron chi connectivity index (χ1n) is 8.57. The van der Waals surface area contributed by atoms with Gasteiger partial charge in [0.15, 0.2) is 0 Å². The van der Waals surface area contributed by atoms with E-state index in [2.05, 4.69) is 26.7 Å². The molecule has 114 valence electrons. The SMILES string of the molecule is Cc1cncnc1N1CC2CN(C3CCCCC3)CC2C1. The van der Waals surface area contributed by atoms with Crippen LogP contribution in [-0.2, 0) is 0 Å². The van der Waals surface area contributed by atoms with Crippen molar-refractivity contribution in [3.05, 3.63) is 18.1 Å². The number of hydrogen-bond donors (Lipinski definition) is 0. The van der Waals surface area contributed by atoms with Crippen molar-refractivity contribution in [2.45, 2.75) is 45.1 Å². The van der Waals surface area contributed by atoms with Crippen molar-refractivity contribution in [2.75, 3.05) is 31.1 Å². The van der Waals surface area contributed by atoms with Gasteiger partial charge in [-0.15, -0.1) is 0 Å². The van der Waals surface area contributed by atoms with E-state index in [1.807, 2.05) is 6.20 Å². The van der Waals surface area contributed by atoms with Gasteiger partial charge in [0.05, 0.1) is 0 Å². The molecule has 3 aliphatic rings. The standard InChI is InChI=1S/C17H26N4/c1-13-7-18-12-19-17(13)21-10-14-8-20(9-15(14)11-21)16-5-3-2-4-6-16/h7,12,14-16H,2-6,8-11H2,1H3. The first-order chi connectivity index (χ1) is 10.3. The van der Waals surface area contributed by atoms with Crippen LogP contribution in [-0.4, -0.2) is 47.1 Å². The van der Waals surface area contributed by atoms with Gasteiger partial charge in [-0.3, -0.25) is 4.90 Å². The third-order valence-electron chi connectivity index (χ3n) is 5.77. The Morgan fingerprint density at radius 1 is 1.00 bits per heavy atom. The number of rotatable bonds is 2. The van der Waals surface area contributed by atoms with E-state index in [9.17, 15) is 0 Å². The molecule has 4 nitrogen and oxygen atoms in total. The molecule has 1 aliphatic carbocycles. The van der Waals surface area contributed by atoms with Crippen LogP contribution in [0.3, 0.4) is 0 Å². The molecule has 4 heteroatoms. The Balaban J connectivity index is 1.40. The summed E-state index contributed by atoms with van der Waals surface area (Å²) in [5, 5.41) is 0. The highest BCUT2D eigenvalue weighted by Crippen LogP contribution is 2.37. The minimum atomic E-state index is 0.848. The molecule has 2 saturated heterocycles. The molecule has 0 bridgehead atoms. The molecule has 2 atom stereocenters. The minimum Gasteiger partial charge on any atom is -0.356 e. The van der Waals surface area contributed by atoms with Crippen LogP contribution in [0.2, 0.25) is 0 Å². The summed E-state index contributed by atoms with van der Waals surface area (Å²) < 4.78 is 0. The van der Waals surface area contributed by atoms with Crippen molar-refractivity contribution in [1.29, 1.82) is 0 Å². The molecule has 21 heavy (non-hydrogen) atoms. The van der Waals surface area contributed by atoms with Gasteiger partial charge >= 0.3 is 0 Å². The molecule has 0 aromatic carbocycles. The molecule has 2 unspecified atom stereocenters. The highest BCUT2D eigenvalue weighted by atomic mass is 15.3. The smallest absolute Gasteiger partial charge is 0.134 e. The van der Waals surface area contributed by atoms with Gasteiger partial charge in [0, 0.05) is 44.0 Å². The number of nitrogens with zero attached hydrogens (tertiary/aromatic N) is 4. The maximum atomic E-state index is 4.50. The number of aryl methyl sites for hydroxylation is 1. The number of likely N-dealkylation sites (tertiary alicyclic amines) is 1. The average molecular weight is 286 g/mol. The van der Waals surface area contributed by atoms with E-state index in [1.165, 1.54) is 63.8 Å². The second-order valence-electron chi connectivity index (χ2n) is 7.20. The Labute approximate surface area is 127 Å². The lowest BCUT2D eigenvalue weighted by atomic mass is 9.94. The number of anilines is 1. The lowest BCUT2D eigenvalue weighted by molar-refractivity contribution is 0.180. The summed E-state index contributed by atoms with van der Waals surface area (Å²) in [5.41, 5.74) is 1.21. The van der Waals surface area contributed by atoms with Gasteiger partial charge in [-0.2, -0.15) is 0 Å². The molecule has 4 rings (SSSR count). The quantitative estimate of drug-likeness (QED) is 0.836. The van der Waals surface area contributed by atoms with E-state index in [-0.39, 0.29) is 0 Å². The summed E-state index contributed by atoms with van der Waals surface area (Å²) in [7, 11) is 0. The van der Waals surface area contributed by atoms with E-state index in [1.54, 1.807) is 6.33 Å². The van der Waals surface area contributed by atoms with Crippen molar-refractivity contribution < 1.29 is 0 Å². The Hall–Kier alpha value is -1.16. The molecule has 1 saturated carbocycles. The zero-order valence-electron chi connectivity index (χ0n) is 13.0. The van der Waals surface area contributed by atoms with Crippen molar-refractivity contribution in [3.63, 3.8) is 0 Å². The molecule has 0 spiro atoms. The summed E-state index contributed by atoms with van der Waals surface area (Å²) in [5.74, 6) is 2.85. The van der Waals surface area contributed by atoms with E-state index < -0.39 is 0 Å². The Morgan fingerprint density at radius 2 is 1.71 bits per heavy atom. The summed E-state index contributed by atoms with van der Waals surface area (Å²) in [6.45, 7) is 7.13. The summed E-state index contributed by atoms with van der Waals surface area (Å²) in [6.07, 6.45) is 10.8. The van der Waals surface area contributed by atoms with Crippen LogP contribution in [0.25, 0.3) is 0 Å². The van der Waals surface area contributed by atoms with Gasteiger partial charge in [-0.1, -0.05) is 19.3 Å². The van der Waals surface area contributed by atoms with E-state index in [0.29, 0.717) is 0 Å². The zero-order chi connectivity index (χ0) is 14.2. The molecule has 1 aromatic heterocycles. The summed E-state index contributed by atoms with van der Waals surface area (Å²) in [6, 6.07) is 0.888. The normalized spacial score (nSPS) is 30.8. The van der Waals surface area contributed by atoms with Gasteiger partial charge in [-0.05, 0) is 31.6 Å². The lowest BCUT2D eigenvalue weighted by Gasteiger charge is -2.32. The van der Waals surface area contributed by atoms with Crippen LogP contribution in [0.4, 0.5) is 5.82 Å². The Morgan fingerprint density at radius 3 is 2.38 bits per heavy atom. The molecule has 0 N–H and O–H groups in total. The van der Waals surface area contributed by atoms with Crippen LogP contribution in [0, 0.1) is 18.8 Å². The molecule has 1 aromatic rings. The molecule has 3 fully saturated rings. The maximum Gasteiger partial charge on any atom is 0.134 e.